The molecule has 18 heavy (non-hydrogen) atoms. The third-order valence-corrected chi connectivity index (χ3v) is 2.80. The number of H-pyrrole nitrogens is 1. The van der Waals surface area contributed by atoms with Crippen molar-refractivity contribution in [3.05, 3.63) is 57.8 Å². The number of aromatic nitrogens is 1. The summed E-state index contributed by atoms with van der Waals surface area (Å²) in [6, 6.07) is 4.71. The first-order valence-electron chi connectivity index (χ1n) is 5.12. The number of halogens is 3. The van der Waals surface area contributed by atoms with Crippen molar-refractivity contribution in [1.29, 1.82) is 0 Å². The van der Waals surface area contributed by atoms with Gasteiger partial charge in [-0.05, 0) is 40.2 Å². The van der Waals surface area contributed by atoms with Crippen molar-refractivity contribution >= 4 is 21.8 Å². The highest BCUT2D eigenvalue weighted by molar-refractivity contribution is 9.10. The monoisotopic (exact) mass is 314 g/mol. The first kappa shape index (κ1) is 12.8. The summed E-state index contributed by atoms with van der Waals surface area (Å²) in [5, 5.41) is 2.50. The largest absolute Gasteiger partial charge is 0.356 e. The summed E-state index contributed by atoms with van der Waals surface area (Å²) in [6.45, 7) is -0.0704. The van der Waals surface area contributed by atoms with Crippen LogP contribution in [-0.2, 0) is 6.54 Å². The van der Waals surface area contributed by atoms with Crippen molar-refractivity contribution in [2.45, 2.75) is 6.54 Å². The molecule has 0 aliphatic carbocycles. The number of carbonyl (C=O) groups is 1. The molecule has 3 nitrogen and oxygen atoms in total. The van der Waals surface area contributed by atoms with Gasteiger partial charge in [0.1, 0.15) is 17.3 Å². The Balaban J connectivity index is 2.03. The lowest BCUT2D eigenvalue weighted by molar-refractivity contribution is 0.0946. The maximum Gasteiger partial charge on any atom is 0.268 e. The van der Waals surface area contributed by atoms with E-state index in [2.05, 4.69) is 26.2 Å². The Hall–Kier alpha value is -1.69. The van der Waals surface area contributed by atoms with Gasteiger partial charge in [0, 0.05) is 22.8 Å². The molecule has 0 saturated heterocycles. The van der Waals surface area contributed by atoms with E-state index in [1.54, 1.807) is 12.3 Å². The molecule has 0 aliphatic heterocycles. The summed E-state index contributed by atoms with van der Waals surface area (Å²) in [6.07, 6.45) is 1.61. The summed E-state index contributed by atoms with van der Waals surface area (Å²) in [7, 11) is 0. The molecule has 6 heteroatoms. The lowest BCUT2D eigenvalue weighted by Gasteiger charge is -2.05. The molecule has 0 unspecified atom stereocenters. The molecule has 0 saturated carbocycles. The topological polar surface area (TPSA) is 44.9 Å². The van der Waals surface area contributed by atoms with Crippen LogP contribution in [0, 0.1) is 11.6 Å². The summed E-state index contributed by atoms with van der Waals surface area (Å²) < 4.78 is 26.9. The second kappa shape index (κ2) is 5.30. The van der Waals surface area contributed by atoms with Crippen LogP contribution >= 0.6 is 15.9 Å². The van der Waals surface area contributed by atoms with E-state index in [0.29, 0.717) is 5.69 Å². The predicted molar refractivity (Wildman–Crippen MR) is 66.0 cm³/mol. The van der Waals surface area contributed by atoms with Crippen molar-refractivity contribution < 1.29 is 13.6 Å². The summed E-state index contributed by atoms with van der Waals surface area (Å²) in [4.78, 5) is 14.4. The van der Waals surface area contributed by atoms with Crippen molar-refractivity contribution in [1.82, 2.24) is 10.3 Å². The molecule has 1 heterocycles. The van der Waals surface area contributed by atoms with Crippen molar-refractivity contribution in [3.8, 4) is 0 Å². The zero-order valence-corrected chi connectivity index (χ0v) is 10.7. The zero-order valence-electron chi connectivity index (χ0n) is 9.14. The first-order chi connectivity index (χ1) is 8.56. The second-order valence-electron chi connectivity index (χ2n) is 3.65. The number of amides is 1. The van der Waals surface area contributed by atoms with Gasteiger partial charge in [0.15, 0.2) is 0 Å². The molecule has 94 valence electrons. The van der Waals surface area contributed by atoms with Crippen molar-refractivity contribution in [2.75, 3.05) is 0 Å². The predicted octanol–water partition coefficient (Wildman–Crippen LogP) is 2.99. The van der Waals surface area contributed by atoms with Crippen LogP contribution in [0.5, 0.6) is 0 Å². The number of carbonyl (C=O) groups excluding carboxylic acids is 1. The minimum atomic E-state index is -0.552. The fourth-order valence-corrected chi connectivity index (χ4v) is 1.79. The standard InChI is InChI=1S/C12H9BrF2N2O/c13-8-4-11(16-6-8)12(18)17-5-7-3-9(14)1-2-10(7)15/h1-4,6,16H,5H2,(H,17,18). The smallest absolute Gasteiger partial charge is 0.268 e. The number of rotatable bonds is 3. The quantitative estimate of drug-likeness (QED) is 0.898. The van der Waals surface area contributed by atoms with Gasteiger partial charge in [0.2, 0.25) is 0 Å². The number of hydrogen-bond donors (Lipinski definition) is 2. The normalized spacial score (nSPS) is 10.4. The fourth-order valence-electron chi connectivity index (χ4n) is 1.45. The minimum absolute atomic E-state index is 0.0704. The summed E-state index contributed by atoms with van der Waals surface area (Å²) in [5.74, 6) is -1.48. The van der Waals surface area contributed by atoms with Gasteiger partial charge >= 0.3 is 0 Å². The summed E-state index contributed by atoms with van der Waals surface area (Å²) in [5.41, 5.74) is 0.452. The molecule has 0 bridgehead atoms. The van der Waals surface area contributed by atoms with Crippen LogP contribution in [0.15, 0.2) is 34.9 Å². The van der Waals surface area contributed by atoms with Gasteiger partial charge in [0.05, 0.1) is 0 Å². The van der Waals surface area contributed by atoms with Gasteiger partial charge in [-0.1, -0.05) is 0 Å². The van der Waals surface area contributed by atoms with Crippen molar-refractivity contribution in [3.63, 3.8) is 0 Å². The van der Waals surface area contributed by atoms with E-state index >= 15 is 0 Å². The Morgan fingerprint density at radius 2 is 2.11 bits per heavy atom. The van der Waals surface area contributed by atoms with E-state index in [9.17, 15) is 13.6 Å². The molecular formula is C12H9BrF2N2O. The van der Waals surface area contributed by atoms with Crippen LogP contribution in [0.3, 0.4) is 0 Å². The highest BCUT2D eigenvalue weighted by Crippen LogP contribution is 2.12. The third kappa shape index (κ3) is 2.95. The van der Waals surface area contributed by atoms with Crippen LogP contribution in [0.1, 0.15) is 16.1 Å². The van der Waals surface area contributed by atoms with Gasteiger partial charge < -0.3 is 10.3 Å². The molecule has 1 aromatic carbocycles. The van der Waals surface area contributed by atoms with Gasteiger partial charge in [-0.25, -0.2) is 8.78 Å². The third-order valence-electron chi connectivity index (χ3n) is 2.34. The maximum atomic E-state index is 13.3. The van der Waals surface area contributed by atoms with Gasteiger partial charge in [-0.2, -0.15) is 0 Å². The zero-order chi connectivity index (χ0) is 13.1. The average molecular weight is 315 g/mol. The van der Waals surface area contributed by atoms with Gasteiger partial charge in [-0.15, -0.1) is 0 Å². The molecule has 0 atom stereocenters. The second-order valence-corrected chi connectivity index (χ2v) is 4.57. The van der Waals surface area contributed by atoms with E-state index in [1.807, 2.05) is 0 Å². The molecule has 0 spiro atoms. The van der Waals surface area contributed by atoms with E-state index in [4.69, 9.17) is 0 Å². The Kier molecular flexibility index (Phi) is 3.76. The maximum absolute atomic E-state index is 13.3. The van der Waals surface area contributed by atoms with E-state index < -0.39 is 11.6 Å². The lowest BCUT2D eigenvalue weighted by atomic mass is 10.2. The molecule has 2 rings (SSSR count). The highest BCUT2D eigenvalue weighted by atomic mass is 79.9. The molecule has 2 N–H and O–H groups in total. The molecule has 1 amide bonds. The van der Waals surface area contributed by atoms with Crippen LogP contribution in [-0.4, -0.2) is 10.9 Å². The number of benzene rings is 1. The minimum Gasteiger partial charge on any atom is -0.356 e. The SMILES string of the molecule is O=C(NCc1cc(F)ccc1F)c1cc(Br)c[nH]1. The Bertz CT molecular complexity index is 583. The Morgan fingerprint density at radius 1 is 1.33 bits per heavy atom. The van der Waals surface area contributed by atoms with E-state index in [1.165, 1.54) is 0 Å². The molecule has 0 radical (unpaired) electrons. The van der Waals surface area contributed by atoms with Gasteiger partial charge in [-0.3, -0.25) is 4.79 Å². The van der Waals surface area contributed by atoms with Crippen LogP contribution in [0.25, 0.3) is 0 Å². The summed E-state index contributed by atoms with van der Waals surface area (Å²) >= 11 is 3.20. The molecular weight excluding hydrogens is 306 g/mol. The van der Waals surface area contributed by atoms with Crippen molar-refractivity contribution in [2.24, 2.45) is 0 Å². The Labute approximate surface area is 110 Å². The molecule has 0 aliphatic rings. The number of aromatic amines is 1. The molecule has 1 aromatic heterocycles. The van der Waals surface area contributed by atoms with Crippen LogP contribution < -0.4 is 5.32 Å². The molecule has 2 aromatic rings. The highest BCUT2D eigenvalue weighted by Gasteiger charge is 2.09. The van der Waals surface area contributed by atoms with Crippen LogP contribution in [0.4, 0.5) is 8.78 Å². The molecule has 0 fully saturated rings. The van der Waals surface area contributed by atoms with Gasteiger partial charge in [0.25, 0.3) is 5.91 Å². The number of hydrogen-bond acceptors (Lipinski definition) is 1. The Morgan fingerprint density at radius 3 is 2.78 bits per heavy atom. The van der Waals surface area contributed by atoms with Crippen LogP contribution in [0.2, 0.25) is 0 Å². The van der Waals surface area contributed by atoms with E-state index in [-0.39, 0.29) is 18.0 Å². The first-order valence-corrected chi connectivity index (χ1v) is 5.91. The fraction of sp³-hybridized carbons (Fsp3) is 0.0833. The van der Waals surface area contributed by atoms with E-state index in [0.717, 1.165) is 22.7 Å². The number of nitrogens with one attached hydrogen (secondary N) is 2. The average Bonchev–Trinajstić information content (AvgIpc) is 2.77. The lowest BCUT2D eigenvalue weighted by Crippen LogP contribution is -2.23.